The molecule has 9 heteroatoms. The molecular weight excluding hydrogens is 422 g/mol. The van der Waals surface area contributed by atoms with Crippen molar-refractivity contribution in [1.29, 1.82) is 0 Å². The van der Waals surface area contributed by atoms with E-state index in [0.717, 1.165) is 43.6 Å². The summed E-state index contributed by atoms with van der Waals surface area (Å²) in [6, 6.07) is 4.01. The fourth-order valence-corrected chi connectivity index (χ4v) is 4.73. The first-order valence-electron chi connectivity index (χ1n) is 10.3. The van der Waals surface area contributed by atoms with E-state index < -0.39 is 34.0 Å². The van der Waals surface area contributed by atoms with Crippen LogP contribution in [0.4, 0.5) is 14.5 Å². The van der Waals surface area contributed by atoms with Crippen molar-refractivity contribution in [2.45, 2.75) is 32.7 Å². The van der Waals surface area contributed by atoms with Crippen LogP contribution in [0.25, 0.3) is 11.0 Å². The molecule has 0 spiro atoms. The second kappa shape index (κ2) is 9.23. The van der Waals surface area contributed by atoms with Crippen molar-refractivity contribution in [1.82, 2.24) is 14.9 Å². The molecule has 0 saturated carbocycles. The van der Waals surface area contributed by atoms with Crippen molar-refractivity contribution in [3.63, 3.8) is 0 Å². The average Bonchev–Trinajstić information content (AvgIpc) is 3.40. The molecule has 0 amide bonds. The number of halogens is 2. The van der Waals surface area contributed by atoms with Crippen LogP contribution in [0, 0.1) is 11.6 Å². The minimum atomic E-state index is -1.52. The summed E-state index contributed by atoms with van der Waals surface area (Å²) in [5, 5.41) is 0.522. The zero-order valence-electron chi connectivity index (χ0n) is 17.2. The van der Waals surface area contributed by atoms with Gasteiger partial charge in [0.2, 0.25) is 5.78 Å². The summed E-state index contributed by atoms with van der Waals surface area (Å²) in [6.07, 6.45) is 6.13. The molecule has 0 radical (unpaired) electrons. The molecule has 1 aliphatic rings. The monoisotopic (exact) mass is 446 g/mol. The summed E-state index contributed by atoms with van der Waals surface area (Å²) >= 11 is 0. The van der Waals surface area contributed by atoms with Crippen LogP contribution in [0.2, 0.25) is 0 Å². The lowest BCUT2D eigenvalue weighted by Crippen LogP contribution is -2.18. The molecule has 1 fully saturated rings. The van der Waals surface area contributed by atoms with Crippen LogP contribution in [0.3, 0.4) is 0 Å². The van der Waals surface area contributed by atoms with E-state index in [2.05, 4.69) is 19.6 Å². The second-order valence-electron chi connectivity index (χ2n) is 7.69. The minimum Gasteiger partial charge on any atom is -0.345 e. The van der Waals surface area contributed by atoms with Crippen LogP contribution in [-0.2, 0) is 17.5 Å². The fourth-order valence-electron chi connectivity index (χ4n) is 3.85. The van der Waals surface area contributed by atoms with Crippen LogP contribution >= 0.6 is 0 Å². The number of benzene rings is 1. The number of hydrogen-bond acceptors (Lipinski definition) is 4. The molecule has 4 rings (SSSR count). The Kier molecular flexibility index (Phi) is 6.43. The van der Waals surface area contributed by atoms with Gasteiger partial charge in [-0.1, -0.05) is 6.92 Å². The van der Waals surface area contributed by atoms with Crippen molar-refractivity contribution in [3.05, 3.63) is 58.9 Å². The Balaban J connectivity index is 1.68. The number of fused-ring (bicyclic) bond motifs is 1. The number of carbonyl (C=O) groups is 1. The molecule has 6 nitrogen and oxygen atoms in total. The molecule has 1 unspecified atom stereocenters. The van der Waals surface area contributed by atoms with Crippen LogP contribution in [-0.4, -0.2) is 43.7 Å². The highest BCUT2D eigenvalue weighted by Gasteiger charge is 2.25. The number of aromatic amines is 1. The highest BCUT2D eigenvalue weighted by Crippen LogP contribution is 2.28. The number of pyridine rings is 1. The van der Waals surface area contributed by atoms with E-state index in [1.807, 2.05) is 13.0 Å². The Bertz CT molecular complexity index is 1140. The number of aromatic nitrogens is 2. The maximum absolute atomic E-state index is 15.0. The molecule has 31 heavy (non-hydrogen) atoms. The topological polar surface area (TPSA) is 78.1 Å². The van der Waals surface area contributed by atoms with Gasteiger partial charge < -0.3 is 9.71 Å². The molecule has 0 aliphatic carbocycles. The SMILES string of the molecule is CCCS(=O)Nc1ccc(F)c(C(=O)c2c[nH]c3ncc(CN4CCCC4)cc23)c1F. The van der Waals surface area contributed by atoms with Crippen LogP contribution < -0.4 is 4.72 Å². The first kappa shape index (κ1) is 21.6. The number of H-pyrrole nitrogens is 1. The molecule has 1 saturated heterocycles. The van der Waals surface area contributed by atoms with Gasteiger partial charge >= 0.3 is 0 Å². The Morgan fingerprint density at radius 3 is 2.81 bits per heavy atom. The number of anilines is 1. The minimum absolute atomic E-state index is 0.149. The van der Waals surface area contributed by atoms with Gasteiger partial charge in [0, 0.05) is 35.6 Å². The van der Waals surface area contributed by atoms with Gasteiger partial charge in [-0.3, -0.25) is 9.69 Å². The molecule has 2 aromatic heterocycles. The third kappa shape index (κ3) is 4.52. The van der Waals surface area contributed by atoms with Crippen molar-refractivity contribution in [2.24, 2.45) is 0 Å². The number of carbonyl (C=O) groups excluding carboxylic acids is 1. The number of likely N-dealkylation sites (tertiary alicyclic amines) is 1. The fraction of sp³-hybridized carbons (Fsp3) is 0.364. The maximum atomic E-state index is 15.0. The number of nitrogens with one attached hydrogen (secondary N) is 2. The molecule has 1 atom stereocenters. The summed E-state index contributed by atoms with van der Waals surface area (Å²) < 4.78 is 44.0. The Hall–Kier alpha value is -2.65. The zero-order valence-corrected chi connectivity index (χ0v) is 18.0. The van der Waals surface area contributed by atoms with Gasteiger partial charge in [0.1, 0.15) is 22.5 Å². The molecule has 2 N–H and O–H groups in total. The largest absolute Gasteiger partial charge is 0.345 e. The van der Waals surface area contributed by atoms with E-state index in [9.17, 15) is 13.4 Å². The third-order valence-corrected chi connectivity index (χ3v) is 6.60. The summed E-state index contributed by atoms with van der Waals surface area (Å²) in [4.78, 5) is 22.7. The Morgan fingerprint density at radius 2 is 2.06 bits per heavy atom. The van der Waals surface area contributed by atoms with Crippen molar-refractivity contribution in [2.75, 3.05) is 23.6 Å². The highest BCUT2D eigenvalue weighted by molar-refractivity contribution is 7.86. The molecule has 0 bridgehead atoms. The normalized spacial score (nSPS) is 15.5. The molecule has 164 valence electrons. The van der Waals surface area contributed by atoms with Gasteiger partial charge in [0.25, 0.3) is 0 Å². The lowest BCUT2D eigenvalue weighted by molar-refractivity contribution is 0.103. The first-order chi connectivity index (χ1) is 15.0. The summed E-state index contributed by atoms with van der Waals surface area (Å²) in [7, 11) is -1.52. The van der Waals surface area contributed by atoms with E-state index in [0.29, 0.717) is 29.8 Å². The Morgan fingerprint density at radius 1 is 1.29 bits per heavy atom. The van der Waals surface area contributed by atoms with E-state index in [1.54, 1.807) is 6.20 Å². The second-order valence-corrected chi connectivity index (χ2v) is 8.99. The summed E-state index contributed by atoms with van der Waals surface area (Å²) in [5.74, 6) is -2.49. The molecule has 3 heterocycles. The average molecular weight is 447 g/mol. The maximum Gasteiger partial charge on any atom is 0.201 e. The standard InChI is InChI=1S/C22H24F2N4O2S/c1-2-9-31(30)27-18-6-5-17(23)19(20(18)24)21(29)16-12-26-22-15(16)10-14(11-25-22)13-28-7-3-4-8-28/h5-6,10-12,27H,2-4,7-9,13H2,1H3,(H,25,26). The highest BCUT2D eigenvalue weighted by atomic mass is 32.2. The summed E-state index contributed by atoms with van der Waals surface area (Å²) in [5.41, 5.74) is 0.728. The van der Waals surface area contributed by atoms with Crippen molar-refractivity contribution >= 4 is 33.5 Å². The quantitative estimate of drug-likeness (QED) is 0.510. The van der Waals surface area contributed by atoms with Crippen LogP contribution in [0.15, 0.2) is 30.6 Å². The van der Waals surface area contributed by atoms with Crippen molar-refractivity contribution in [3.8, 4) is 0 Å². The van der Waals surface area contributed by atoms with Gasteiger partial charge in [0.05, 0.1) is 11.3 Å². The van der Waals surface area contributed by atoms with Gasteiger partial charge in [-0.05, 0) is 56.1 Å². The lowest BCUT2D eigenvalue weighted by atomic mass is 10.0. The van der Waals surface area contributed by atoms with E-state index >= 15 is 4.39 Å². The first-order valence-corrected chi connectivity index (χ1v) is 11.7. The van der Waals surface area contributed by atoms with Gasteiger partial charge in [-0.2, -0.15) is 0 Å². The third-order valence-electron chi connectivity index (χ3n) is 5.37. The molecule has 3 aromatic rings. The Labute approximate surface area is 181 Å². The molecular formula is C22H24F2N4O2S. The number of ketones is 1. The van der Waals surface area contributed by atoms with Gasteiger partial charge in [-0.25, -0.2) is 18.0 Å². The predicted molar refractivity (Wildman–Crippen MR) is 117 cm³/mol. The number of rotatable bonds is 8. The number of hydrogen-bond donors (Lipinski definition) is 2. The number of nitrogens with zero attached hydrogens (tertiary/aromatic N) is 2. The van der Waals surface area contributed by atoms with Gasteiger partial charge in [0.15, 0.2) is 5.82 Å². The molecule has 1 aliphatic heterocycles. The van der Waals surface area contributed by atoms with Crippen LogP contribution in [0.1, 0.15) is 47.7 Å². The van der Waals surface area contributed by atoms with Crippen molar-refractivity contribution < 1.29 is 17.8 Å². The van der Waals surface area contributed by atoms with E-state index in [-0.39, 0.29) is 11.3 Å². The molecule has 1 aromatic carbocycles. The zero-order chi connectivity index (χ0) is 22.0. The van der Waals surface area contributed by atoms with E-state index in [1.165, 1.54) is 6.20 Å². The lowest BCUT2D eigenvalue weighted by Gasteiger charge is -2.14. The summed E-state index contributed by atoms with van der Waals surface area (Å²) in [6.45, 7) is 4.60. The van der Waals surface area contributed by atoms with Gasteiger partial charge in [-0.15, -0.1) is 0 Å². The van der Waals surface area contributed by atoms with Crippen LogP contribution in [0.5, 0.6) is 0 Å². The van der Waals surface area contributed by atoms with E-state index in [4.69, 9.17) is 0 Å². The predicted octanol–water partition coefficient (Wildman–Crippen LogP) is 4.15. The smallest absolute Gasteiger partial charge is 0.201 e.